The Morgan fingerprint density at radius 1 is 1.19 bits per heavy atom. The molecule has 0 aliphatic rings. The molecule has 1 unspecified atom stereocenters. The highest BCUT2D eigenvalue weighted by molar-refractivity contribution is 14.1. The van der Waals surface area contributed by atoms with Gasteiger partial charge < -0.3 is 4.74 Å². The summed E-state index contributed by atoms with van der Waals surface area (Å²) in [7, 11) is 1.64. The smallest absolute Gasteiger partial charge is 0.216 e. The summed E-state index contributed by atoms with van der Waals surface area (Å²) in [5.74, 6) is 0.648. The predicted molar refractivity (Wildman–Crippen MR) is 111 cm³/mol. The van der Waals surface area contributed by atoms with E-state index in [1.165, 1.54) is 0 Å². The number of hydrogen-bond acceptors (Lipinski definition) is 4. The Morgan fingerprint density at radius 3 is 2.65 bits per heavy atom. The van der Waals surface area contributed by atoms with Crippen molar-refractivity contribution in [2.45, 2.75) is 32.1 Å². The van der Waals surface area contributed by atoms with Crippen LogP contribution in [-0.4, -0.2) is 17.1 Å². The van der Waals surface area contributed by atoms with Crippen LogP contribution in [0.2, 0.25) is 0 Å². The van der Waals surface area contributed by atoms with Gasteiger partial charge in [-0.15, -0.1) is 0 Å². The first-order chi connectivity index (χ1) is 12.5. The van der Waals surface area contributed by atoms with Gasteiger partial charge in [0.1, 0.15) is 3.70 Å². The van der Waals surface area contributed by atoms with Crippen molar-refractivity contribution in [2.75, 3.05) is 7.11 Å². The van der Waals surface area contributed by atoms with Gasteiger partial charge in [-0.25, -0.2) is 9.97 Å². The molecule has 26 heavy (non-hydrogen) atoms. The van der Waals surface area contributed by atoms with Crippen LogP contribution >= 0.6 is 22.6 Å². The molecule has 4 nitrogen and oxygen atoms in total. The molecule has 0 saturated heterocycles. The number of nitrogens with zero attached hydrogens (tertiary/aromatic N) is 3. The maximum atomic E-state index is 9.90. The van der Waals surface area contributed by atoms with E-state index in [-0.39, 0.29) is 0 Å². The van der Waals surface area contributed by atoms with Crippen LogP contribution in [0.25, 0.3) is 10.9 Å². The fourth-order valence-corrected chi connectivity index (χ4v) is 3.60. The van der Waals surface area contributed by atoms with E-state index < -0.39 is 5.41 Å². The highest BCUT2D eigenvalue weighted by Crippen LogP contribution is 2.31. The van der Waals surface area contributed by atoms with Crippen molar-refractivity contribution in [2.24, 2.45) is 0 Å². The van der Waals surface area contributed by atoms with Gasteiger partial charge in [-0.05, 0) is 65.8 Å². The number of benzene rings is 1. The second-order valence-corrected chi connectivity index (χ2v) is 7.60. The zero-order valence-corrected chi connectivity index (χ0v) is 17.2. The van der Waals surface area contributed by atoms with Crippen LogP contribution in [-0.2, 0) is 18.3 Å². The minimum atomic E-state index is -0.677. The molecule has 5 heteroatoms. The van der Waals surface area contributed by atoms with Crippen molar-refractivity contribution in [3.05, 3.63) is 63.0 Å². The van der Waals surface area contributed by atoms with E-state index in [1.807, 2.05) is 43.3 Å². The number of ether oxygens (including phenoxy) is 1. The normalized spacial score (nSPS) is 13.2. The van der Waals surface area contributed by atoms with Crippen LogP contribution in [0.4, 0.5) is 0 Å². The molecule has 0 aliphatic heterocycles. The van der Waals surface area contributed by atoms with Gasteiger partial charge in [0.05, 0.1) is 24.1 Å². The highest BCUT2D eigenvalue weighted by Gasteiger charge is 2.28. The average Bonchev–Trinajstić information content (AvgIpc) is 2.66. The molecular formula is C21H20IN3O. The zero-order chi connectivity index (χ0) is 18.7. The van der Waals surface area contributed by atoms with E-state index in [2.05, 4.69) is 51.6 Å². The first-order valence-corrected chi connectivity index (χ1v) is 9.58. The van der Waals surface area contributed by atoms with Gasteiger partial charge in [-0.1, -0.05) is 25.1 Å². The Bertz CT molecular complexity index is 996. The number of aryl methyl sites for hydroxylation is 1. The van der Waals surface area contributed by atoms with Gasteiger partial charge in [0.15, 0.2) is 0 Å². The monoisotopic (exact) mass is 457 g/mol. The lowest BCUT2D eigenvalue weighted by atomic mass is 9.79. The summed E-state index contributed by atoms with van der Waals surface area (Å²) in [5, 5.41) is 11.0. The summed E-state index contributed by atoms with van der Waals surface area (Å²) >= 11 is 2.19. The topological polar surface area (TPSA) is 58.8 Å². The molecule has 3 rings (SSSR count). The summed E-state index contributed by atoms with van der Waals surface area (Å²) in [4.78, 5) is 9.19. The van der Waals surface area contributed by atoms with Crippen molar-refractivity contribution >= 4 is 33.5 Å². The van der Waals surface area contributed by atoms with Crippen LogP contribution in [0, 0.1) is 15.0 Å². The van der Waals surface area contributed by atoms with Gasteiger partial charge in [0, 0.05) is 23.1 Å². The largest absolute Gasteiger partial charge is 0.481 e. The van der Waals surface area contributed by atoms with Crippen molar-refractivity contribution in [1.29, 1.82) is 5.26 Å². The van der Waals surface area contributed by atoms with Crippen molar-refractivity contribution in [3.63, 3.8) is 0 Å². The second kappa shape index (κ2) is 7.58. The summed E-state index contributed by atoms with van der Waals surface area (Å²) in [5.41, 5.74) is 3.09. The summed E-state index contributed by atoms with van der Waals surface area (Å²) in [6.45, 7) is 4.04. The molecule has 0 amide bonds. The molecular weight excluding hydrogens is 437 g/mol. The van der Waals surface area contributed by atoms with Crippen molar-refractivity contribution in [1.82, 2.24) is 9.97 Å². The lowest BCUT2D eigenvalue weighted by molar-refractivity contribution is 0.395. The number of fused-ring (bicyclic) bond motifs is 1. The van der Waals surface area contributed by atoms with E-state index in [1.54, 1.807) is 7.11 Å². The van der Waals surface area contributed by atoms with E-state index in [4.69, 9.17) is 4.74 Å². The fraction of sp³-hybridized carbons (Fsp3) is 0.286. The molecule has 2 heterocycles. The number of aromatic nitrogens is 2. The molecule has 0 N–H and O–H groups in total. The van der Waals surface area contributed by atoms with E-state index >= 15 is 0 Å². The van der Waals surface area contributed by atoms with Gasteiger partial charge in [0.2, 0.25) is 5.88 Å². The summed E-state index contributed by atoms with van der Waals surface area (Å²) in [6.07, 6.45) is 1.41. The second-order valence-electron chi connectivity index (χ2n) is 6.49. The number of rotatable bonds is 5. The number of pyridine rings is 2. The number of halogens is 1. The van der Waals surface area contributed by atoms with E-state index in [0.717, 1.165) is 37.8 Å². The molecule has 1 aromatic carbocycles. The molecule has 0 aliphatic carbocycles. The van der Waals surface area contributed by atoms with Gasteiger partial charge in [0.25, 0.3) is 0 Å². The van der Waals surface area contributed by atoms with Gasteiger partial charge >= 0.3 is 0 Å². The third-order valence-electron chi connectivity index (χ3n) is 4.62. The number of methoxy groups -OCH3 is 1. The quantitative estimate of drug-likeness (QED) is 0.407. The van der Waals surface area contributed by atoms with Gasteiger partial charge in [-0.2, -0.15) is 5.26 Å². The first-order valence-electron chi connectivity index (χ1n) is 8.50. The number of nitriles is 1. The van der Waals surface area contributed by atoms with E-state index in [0.29, 0.717) is 12.3 Å². The summed E-state index contributed by atoms with van der Waals surface area (Å²) < 4.78 is 6.35. The Labute approximate surface area is 167 Å². The average molecular weight is 457 g/mol. The molecule has 132 valence electrons. The minimum absolute atomic E-state index is 0.552. The molecule has 2 aromatic heterocycles. The SMILES string of the molecule is CCc1cc2ccc(C(C)(C#N)Cc3cccc(I)n3)cc2nc1OC. The zero-order valence-electron chi connectivity index (χ0n) is 15.1. The lowest BCUT2D eigenvalue weighted by Gasteiger charge is -2.22. The molecule has 0 spiro atoms. The predicted octanol–water partition coefficient (Wildman–Crippen LogP) is 4.83. The molecule has 0 fully saturated rings. The third kappa shape index (κ3) is 3.65. The Balaban J connectivity index is 2.05. The fourth-order valence-electron chi connectivity index (χ4n) is 3.08. The maximum absolute atomic E-state index is 9.90. The van der Waals surface area contributed by atoms with Gasteiger partial charge in [-0.3, -0.25) is 0 Å². The molecule has 0 radical (unpaired) electrons. The Morgan fingerprint density at radius 2 is 2.00 bits per heavy atom. The van der Waals surface area contributed by atoms with Crippen LogP contribution in [0.3, 0.4) is 0 Å². The highest BCUT2D eigenvalue weighted by atomic mass is 127. The van der Waals surface area contributed by atoms with E-state index in [9.17, 15) is 5.26 Å². The third-order valence-corrected chi connectivity index (χ3v) is 5.22. The Kier molecular flexibility index (Phi) is 5.42. The molecule has 3 aromatic rings. The van der Waals surface area contributed by atoms with Crippen molar-refractivity contribution in [3.8, 4) is 11.9 Å². The van der Waals surface area contributed by atoms with Crippen LogP contribution in [0.15, 0.2) is 42.5 Å². The molecule has 1 atom stereocenters. The van der Waals surface area contributed by atoms with Crippen LogP contribution in [0.5, 0.6) is 5.88 Å². The van der Waals surface area contributed by atoms with Crippen LogP contribution < -0.4 is 4.74 Å². The van der Waals surface area contributed by atoms with Crippen LogP contribution in [0.1, 0.15) is 30.7 Å². The maximum Gasteiger partial charge on any atom is 0.216 e. The number of hydrogen-bond donors (Lipinski definition) is 0. The first kappa shape index (κ1) is 18.6. The molecule has 0 bridgehead atoms. The van der Waals surface area contributed by atoms with Crippen molar-refractivity contribution < 1.29 is 4.74 Å². The standard InChI is InChI=1S/C21H20IN3O/c1-4-14-10-15-8-9-16(11-18(15)25-20(14)26-3)21(2,13-23)12-17-6-5-7-19(22)24-17/h5-11H,4,12H2,1-3H3. The summed E-state index contributed by atoms with van der Waals surface area (Å²) in [6, 6.07) is 16.5. The minimum Gasteiger partial charge on any atom is -0.481 e. The lowest BCUT2D eigenvalue weighted by Crippen LogP contribution is -2.23. The molecule has 0 saturated carbocycles. The Hall–Kier alpha value is -2.20.